The summed E-state index contributed by atoms with van der Waals surface area (Å²) in [6.45, 7) is 0.581. The number of aliphatic hydroxyl groups is 3. The van der Waals surface area contributed by atoms with Gasteiger partial charge in [-0.25, -0.2) is 14.8 Å². The Morgan fingerprint density at radius 2 is 1.96 bits per heavy atom. The maximum Gasteiger partial charge on any atom is 0.371 e. The highest BCUT2D eigenvalue weighted by Gasteiger charge is 2.43. The summed E-state index contributed by atoms with van der Waals surface area (Å²) in [6, 6.07) is 0. The van der Waals surface area contributed by atoms with Crippen LogP contribution in [-0.4, -0.2) is 76.6 Å². The topological polar surface area (TPSA) is 188 Å². The van der Waals surface area contributed by atoms with Crippen LogP contribution in [0, 0.1) is 0 Å². The Morgan fingerprint density at radius 1 is 1.32 bits per heavy atom. The maximum atomic E-state index is 11.5. The van der Waals surface area contributed by atoms with Crippen LogP contribution in [0.4, 0.5) is 0 Å². The third-order valence-electron chi connectivity index (χ3n) is 3.46. The van der Waals surface area contributed by atoms with Gasteiger partial charge in [-0.2, -0.15) is 0 Å². The van der Waals surface area contributed by atoms with Crippen molar-refractivity contribution in [2.45, 2.75) is 31.5 Å². The van der Waals surface area contributed by atoms with Crippen molar-refractivity contribution >= 4 is 22.9 Å². The van der Waals surface area contributed by atoms with Crippen LogP contribution >= 0.6 is 0 Å². The number of hydrogen-bond acceptors (Lipinski definition) is 9. The minimum Gasteiger partial charge on any atom is -0.476 e. The number of nitrogens with one attached hydrogen (secondary N) is 1. The molecule has 0 bridgehead atoms. The first kappa shape index (κ1) is 18.7. The molecule has 3 heterocycles. The molecule has 0 aromatic carbocycles. The number of aliphatic hydroxyl groups excluding tert-OH is 3. The third kappa shape index (κ3) is 3.71. The van der Waals surface area contributed by atoms with E-state index in [1.54, 1.807) is 0 Å². The van der Waals surface area contributed by atoms with Crippen molar-refractivity contribution in [3.8, 4) is 0 Å². The molecule has 136 valence electrons. The summed E-state index contributed by atoms with van der Waals surface area (Å²) >= 11 is 0. The van der Waals surface area contributed by atoms with E-state index in [0.29, 0.717) is 0 Å². The number of carbonyl (C=O) groups is 2. The average molecular weight is 356 g/mol. The smallest absolute Gasteiger partial charge is 0.371 e. The number of hydrogen-bond donors (Lipinski definition) is 5. The van der Waals surface area contributed by atoms with Gasteiger partial charge in [0.15, 0.2) is 17.4 Å². The lowest BCUT2D eigenvalue weighted by atomic mass is 10.1. The quantitative estimate of drug-likeness (QED) is 0.364. The number of rotatable bonds is 3. The minimum absolute atomic E-state index is 0.111. The van der Waals surface area contributed by atoms with Crippen LogP contribution in [-0.2, 0) is 14.3 Å². The van der Waals surface area contributed by atoms with Crippen molar-refractivity contribution in [2.75, 3.05) is 6.61 Å². The van der Waals surface area contributed by atoms with Gasteiger partial charge in [-0.15, -0.1) is 0 Å². The number of aromatic amines is 1. The molecule has 12 nitrogen and oxygen atoms in total. The molecule has 0 saturated carbocycles. The number of ketones is 1. The van der Waals surface area contributed by atoms with Crippen molar-refractivity contribution in [1.82, 2.24) is 19.5 Å². The highest BCUT2D eigenvalue weighted by molar-refractivity contribution is 6.31. The molecule has 1 aliphatic rings. The summed E-state index contributed by atoms with van der Waals surface area (Å²) in [7, 11) is 0. The van der Waals surface area contributed by atoms with Crippen LogP contribution < -0.4 is 5.56 Å². The van der Waals surface area contributed by atoms with Crippen LogP contribution in [0.3, 0.4) is 0 Å². The van der Waals surface area contributed by atoms with E-state index in [1.807, 2.05) is 0 Å². The van der Waals surface area contributed by atoms with Crippen LogP contribution in [0.2, 0.25) is 0 Å². The third-order valence-corrected chi connectivity index (χ3v) is 3.46. The molecule has 4 atom stereocenters. The van der Waals surface area contributed by atoms with Crippen LogP contribution in [0.25, 0.3) is 11.2 Å². The lowest BCUT2D eigenvalue weighted by Gasteiger charge is -2.16. The largest absolute Gasteiger partial charge is 0.476 e. The van der Waals surface area contributed by atoms with Gasteiger partial charge >= 0.3 is 5.97 Å². The average Bonchev–Trinajstić information content (AvgIpc) is 3.11. The number of imidazole rings is 1. The van der Waals surface area contributed by atoms with Gasteiger partial charge in [-0.3, -0.25) is 14.2 Å². The number of H-pyrrole nitrogens is 1. The zero-order chi connectivity index (χ0) is 18.7. The van der Waals surface area contributed by atoms with Crippen molar-refractivity contribution < 1.29 is 34.8 Å². The second-order valence-electron chi connectivity index (χ2n) is 5.15. The van der Waals surface area contributed by atoms with Crippen molar-refractivity contribution in [3.63, 3.8) is 0 Å². The summed E-state index contributed by atoms with van der Waals surface area (Å²) < 4.78 is 6.70. The molecule has 0 amide bonds. The Labute approximate surface area is 139 Å². The highest BCUT2D eigenvalue weighted by Crippen LogP contribution is 2.30. The predicted octanol–water partition coefficient (Wildman–Crippen LogP) is -2.61. The molecule has 12 heteroatoms. The SMILES string of the molecule is CC(=O)C(=O)O.O=c1[nH]cnc2c1ncn2[C@@H]1O[C@H](CO)[C@@H](O)[C@H]1O. The first-order valence-corrected chi connectivity index (χ1v) is 7.04. The number of fused-ring (bicyclic) bond motifs is 1. The Bertz CT molecular complexity index is 819. The van der Waals surface area contributed by atoms with Crippen molar-refractivity contribution in [2.24, 2.45) is 0 Å². The van der Waals surface area contributed by atoms with Crippen LogP contribution in [0.5, 0.6) is 0 Å². The molecule has 0 radical (unpaired) electrons. The van der Waals surface area contributed by atoms with Gasteiger partial charge in [0.05, 0.1) is 19.3 Å². The number of aliphatic carboxylic acids is 1. The van der Waals surface area contributed by atoms with Gasteiger partial charge in [0, 0.05) is 6.92 Å². The molecule has 1 saturated heterocycles. The fraction of sp³-hybridized carbons (Fsp3) is 0.462. The monoisotopic (exact) mass is 356 g/mol. The van der Waals surface area contributed by atoms with E-state index in [-0.39, 0.29) is 11.2 Å². The predicted molar refractivity (Wildman–Crippen MR) is 79.5 cm³/mol. The molecule has 1 aliphatic heterocycles. The molecule has 0 aliphatic carbocycles. The number of carboxylic acids is 1. The van der Waals surface area contributed by atoms with Gasteiger partial charge in [-0.05, 0) is 0 Å². The molecule has 0 unspecified atom stereocenters. The van der Waals surface area contributed by atoms with Gasteiger partial charge in [0.1, 0.15) is 18.3 Å². The fourth-order valence-electron chi connectivity index (χ4n) is 2.16. The second-order valence-corrected chi connectivity index (χ2v) is 5.15. The number of Topliss-reactive ketones (excluding diaryl/α,β-unsaturated/α-hetero) is 1. The number of carboxylic acid groups (broad SMARTS) is 1. The molecule has 3 rings (SSSR count). The summed E-state index contributed by atoms with van der Waals surface area (Å²) in [6.07, 6.45) is -1.78. The molecular weight excluding hydrogens is 340 g/mol. The second kappa shape index (κ2) is 7.48. The van der Waals surface area contributed by atoms with Crippen molar-refractivity contribution in [1.29, 1.82) is 0 Å². The standard InChI is InChI=1S/C10H12N4O5.C3H4O3/c15-1-4-6(16)7(17)10(19-4)14-3-13-5-8(14)11-2-12-9(5)18;1-2(4)3(5)6/h2-4,6-7,10,15-17H,1H2,(H,11,12,18);1H3,(H,5,6)/t4-,6-,7-,10-;/m1./s1. The number of aromatic nitrogens is 4. The molecular formula is C13H16N4O8. The summed E-state index contributed by atoms with van der Waals surface area (Å²) in [5.74, 6) is -2.20. The molecule has 5 N–H and O–H groups in total. The molecule has 2 aromatic heterocycles. The van der Waals surface area contributed by atoms with Crippen LogP contribution in [0.1, 0.15) is 13.2 Å². The Morgan fingerprint density at radius 3 is 2.48 bits per heavy atom. The Kier molecular flexibility index (Phi) is 5.58. The van der Waals surface area contributed by atoms with E-state index < -0.39 is 48.5 Å². The molecule has 2 aromatic rings. The minimum atomic E-state index is -1.38. The van der Waals surface area contributed by atoms with E-state index in [4.69, 9.17) is 14.9 Å². The normalized spacial score (nSPS) is 25.4. The van der Waals surface area contributed by atoms with Gasteiger partial charge in [0.25, 0.3) is 5.56 Å². The first-order chi connectivity index (χ1) is 11.8. The zero-order valence-corrected chi connectivity index (χ0v) is 12.9. The van der Waals surface area contributed by atoms with E-state index >= 15 is 0 Å². The van der Waals surface area contributed by atoms with E-state index in [0.717, 1.165) is 6.92 Å². The highest BCUT2D eigenvalue weighted by atomic mass is 16.6. The summed E-state index contributed by atoms with van der Waals surface area (Å²) in [4.78, 5) is 40.6. The summed E-state index contributed by atoms with van der Waals surface area (Å²) in [5, 5.41) is 36.3. The van der Waals surface area contributed by atoms with Gasteiger partial charge in [0.2, 0.25) is 5.78 Å². The Hall–Kier alpha value is -2.67. The number of nitrogens with zero attached hydrogens (tertiary/aromatic N) is 3. The fourth-order valence-corrected chi connectivity index (χ4v) is 2.16. The zero-order valence-electron chi connectivity index (χ0n) is 12.9. The van der Waals surface area contributed by atoms with E-state index in [1.165, 1.54) is 17.2 Å². The first-order valence-electron chi connectivity index (χ1n) is 7.04. The molecule has 25 heavy (non-hydrogen) atoms. The van der Waals surface area contributed by atoms with Crippen molar-refractivity contribution in [3.05, 3.63) is 23.0 Å². The van der Waals surface area contributed by atoms with E-state index in [9.17, 15) is 24.6 Å². The molecule has 0 spiro atoms. The lowest BCUT2D eigenvalue weighted by molar-refractivity contribution is -0.148. The van der Waals surface area contributed by atoms with Gasteiger partial charge < -0.3 is 30.1 Å². The maximum absolute atomic E-state index is 11.5. The lowest BCUT2D eigenvalue weighted by Crippen LogP contribution is -2.33. The molecule has 1 fully saturated rings. The summed E-state index contributed by atoms with van der Waals surface area (Å²) in [5.41, 5.74) is -0.0608. The van der Waals surface area contributed by atoms with E-state index in [2.05, 4.69) is 15.0 Å². The van der Waals surface area contributed by atoms with Gasteiger partial charge in [-0.1, -0.05) is 0 Å². The number of carbonyl (C=O) groups excluding carboxylic acids is 1. The Balaban J connectivity index is 0.000000326. The van der Waals surface area contributed by atoms with Crippen LogP contribution in [0.15, 0.2) is 17.4 Å². The number of ether oxygens (including phenoxy) is 1.